The Kier molecular flexibility index (Phi) is 6.68. The van der Waals surface area contributed by atoms with Crippen LogP contribution in [0.2, 0.25) is 0 Å². The quantitative estimate of drug-likeness (QED) is 0.181. The Morgan fingerprint density at radius 2 is 1.21 bits per heavy atom. The Morgan fingerprint density at radius 1 is 0.491 bits per heavy atom. The molecule has 0 bridgehead atoms. The van der Waals surface area contributed by atoms with Crippen LogP contribution in [-0.2, 0) is 0 Å². The highest BCUT2D eigenvalue weighted by Gasteiger charge is 2.24. The molecule has 2 heterocycles. The van der Waals surface area contributed by atoms with Crippen LogP contribution in [0.1, 0.15) is 12.0 Å². The fourth-order valence-electron chi connectivity index (χ4n) is 8.55. The van der Waals surface area contributed by atoms with E-state index in [-0.39, 0.29) is 6.04 Å². The lowest BCUT2D eigenvalue weighted by Gasteiger charge is -2.34. The van der Waals surface area contributed by atoms with Crippen molar-refractivity contribution in [1.82, 2.24) is 0 Å². The zero-order valence-corrected chi connectivity index (χ0v) is 28.9. The van der Waals surface area contributed by atoms with Gasteiger partial charge in [0.2, 0.25) is 0 Å². The molecule has 3 heteroatoms. The molecule has 10 aromatic rings. The van der Waals surface area contributed by atoms with E-state index in [0.717, 1.165) is 50.5 Å². The molecule has 1 unspecified atom stereocenters. The van der Waals surface area contributed by atoms with Crippen LogP contribution in [0, 0.1) is 0 Å². The summed E-state index contributed by atoms with van der Waals surface area (Å²) in [5.41, 5.74) is 10.8. The van der Waals surface area contributed by atoms with Crippen LogP contribution in [0.3, 0.4) is 0 Å². The molecule has 2 aromatic heterocycles. The van der Waals surface area contributed by atoms with Gasteiger partial charge in [0.1, 0.15) is 22.3 Å². The first kappa shape index (κ1) is 29.8. The molecule has 0 radical (unpaired) electrons. The summed E-state index contributed by atoms with van der Waals surface area (Å²) in [6, 6.07) is 58.6. The normalized spacial score (nSPS) is 14.6. The summed E-state index contributed by atoms with van der Waals surface area (Å²) in [4.78, 5) is 2.50. The molecule has 0 saturated carbocycles. The Labute approximate surface area is 306 Å². The van der Waals surface area contributed by atoms with Crippen molar-refractivity contribution < 1.29 is 8.83 Å². The Hall–Kier alpha value is -6.84. The molecule has 0 amide bonds. The van der Waals surface area contributed by atoms with E-state index < -0.39 is 0 Å². The van der Waals surface area contributed by atoms with Crippen LogP contribution in [0.4, 0.5) is 11.4 Å². The van der Waals surface area contributed by atoms with Crippen LogP contribution < -0.4 is 4.90 Å². The summed E-state index contributed by atoms with van der Waals surface area (Å²) in [5.74, 6) is 0. The first-order valence-corrected chi connectivity index (χ1v) is 18.3. The Morgan fingerprint density at radius 3 is 2.06 bits per heavy atom. The Bertz CT molecular complexity index is 3110. The summed E-state index contributed by atoms with van der Waals surface area (Å²) in [5, 5.41) is 9.50. The van der Waals surface area contributed by atoms with Gasteiger partial charge in [-0.1, -0.05) is 140 Å². The SMILES string of the molecule is C1=CC(N(c2ccccc2)c2cccc3c(-c4ccc5c(ccc6oc7ccccc7c65)c4)cccc23)CC=C1c1cccc2c1oc1ccccc12. The van der Waals surface area contributed by atoms with Gasteiger partial charge < -0.3 is 13.7 Å². The maximum atomic E-state index is 6.41. The van der Waals surface area contributed by atoms with E-state index >= 15 is 0 Å². The van der Waals surface area contributed by atoms with Gasteiger partial charge in [-0.2, -0.15) is 0 Å². The zero-order valence-electron chi connectivity index (χ0n) is 28.9. The number of para-hydroxylation sites is 4. The van der Waals surface area contributed by atoms with E-state index in [4.69, 9.17) is 8.83 Å². The maximum absolute atomic E-state index is 6.41. The molecule has 1 aliphatic rings. The molecule has 0 fully saturated rings. The maximum Gasteiger partial charge on any atom is 0.143 e. The monoisotopic (exact) mass is 679 g/mol. The number of benzene rings is 8. The largest absolute Gasteiger partial charge is 0.456 e. The van der Waals surface area contributed by atoms with Crippen molar-refractivity contribution in [2.75, 3.05) is 4.90 Å². The smallest absolute Gasteiger partial charge is 0.143 e. The van der Waals surface area contributed by atoms with Crippen LogP contribution in [-0.4, -0.2) is 6.04 Å². The molecule has 3 nitrogen and oxygen atoms in total. The zero-order chi connectivity index (χ0) is 34.9. The second kappa shape index (κ2) is 11.9. The highest BCUT2D eigenvalue weighted by molar-refractivity contribution is 6.19. The number of furan rings is 2. The molecule has 1 aliphatic carbocycles. The average Bonchev–Trinajstić information content (AvgIpc) is 3.80. The second-order valence-electron chi connectivity index (χ2n) is 14.0. The molecule has 8 aromatic carbocycles. The molecule has 0 aliphatic heterocycles. The van der Waals surface area contributed by atoms with Gasteiger partial charge >= 0.3 is 0 Å². The first-order valence-electron chi connectivity index (χ1n) is 18.3. The molecule has 11 rings (SSSR count). The topological polar surface area (TPSA) is 29.5 Å². The lowest BCUT2D eigenvalue weighted by Crippen LogP contribution is -2.30. The summed E-state index contributed by atoms with van der Waals surface area (Å²) in [7, 11) is 0. The van der Waals surface area contributed by atoms with Crippen molar-refractivity contribution >= 4 is 82.4 Å². The minimum absolute atomic E-state index is 0.123. The third-order valence-corrected chi connectivity index (χ3v) is 11.0. The fraction of sp³-hybridized carbons (Fsp3) is 0.0400. The minimum atomic E-state index is 0.123. The molecular formula is C50H33NO2. The van der Waals surface area contributed by atoms with Gasteiger partial charge in [0, 0.05) is 43.9 Å². The van der Waals surface area contributed by atoms with Crippen molar-refractivity contribution in [2.45, 2.75) is 12.5 Å². The van der Waals surface area contributed by atoms with Gasteiger partial charge in [-0.25, -0.2) is 0 Å². The van der Waals surface area contributed by atoms with E-state index in [0.29, 0.717) is 0 Å². The van der Waals surface area contributed by atoms with E-state index in [9.17, 15) is 0 Å². The van der Waals surface area contributed by atoms with Gasteiger partial charge in [0.25, 0.3) is 0 Å². The van der Waals surface area contributed by atoms with Crippen LogP contribution >= 0.6 is 0 Å². The predicted molar refractivity (Wildman–Crippen MR) is 222 cm³/mol. The van der Waals surface area contributed by atoms with Gasteiger partial charge in [0.15, 0.2) is 0 Å². The van der Waals surface area contributed by atoms with Gasteiger partial charge in [-0.15, -0.1) is 0 Å². The molecule has 250 valence electrons. The number of hydrogen-bond acceptors (Lipinski definition) is 3. The number of nitrogens with zero attached hydrogens (tertiary/aromatic N) is 1. The van der Waals surface area contributed by atoms with Gasteiger partial charge in [-0.05, 0) is 81.7 Å². The van der Waals surface area contributed by atoms with E-state index in [2.05, 4.69) is 163 Å². The van der Waals surface area contributed by atoms with E-state index in [1.54, 1.807) is 0 Å². The lowest BCUT2D eigenvalue weighted by molar-refractivity contribution is 0.667. The number of hydrogen-bond donors (Lipinski definition) is 0. The molecule has 1 atom stereocenters. The van der Waals surface area contributed by atoms with Crippen molar-refractivity contribution in [1.29, 1.82) is 0 Å². The molecule has 0 saturated heterocycles. The molecular weight excluding hydrogens is 647 g/mol. The molecule has 53 heavy (non-hydrogen) atoms. The highest BCUT2D eigenvalue weighted by Crippen LogP contribution is 2.42. The molecule has 0 N–H and O–H groups in total. The highest BCUT2D eigenvalue weighted by atomic mass is 16.3. The summed E-state index contributed by atoms with van der Waals surface area (Å²) in [6.45, 7) is 0. The van der Waals surface area contributed by atoms with Crippen molar-refractivity contribution in [3.8, 4) is 11.1 Å². The summed E-state index contributed by atoms with van der Waals surface area (Å²) < 4.78 is 12.6. The van der Waals surface area contributed by atoms with E-state index in [1.165, 1.54) is 55.0 Å². The lowest BCUT2D eigenvalue weighted by atomic mass is 9.92. The number of fused-ring (bicyclic) bond motifs is 9. The summed E-state index contributed by atoms with van der Waals surface area (Å²) in [6.07, 6.45) is 7.86. The van der Waals surface area contributed by atoms with Crippen molar-refractivity contribution in [3.05, 3.63) is 188 Å². The Balaban J connectivity index is 1.000. The third-order valence-electron chi connectivity index (χ3n) is 11.0. The first-order chi connectivity index (χ1) is 26.3. The second-order valence-corrected chi connectivity index (χ2v) is 14.0. The minimum Gasteiger partial charge on any atom is -0.456 e. The fourth-order valence-corrected chi connectivity index (χ4v) is 8.55. The van der Waals surface area contributed by atoms with Gasteiger partial charge in [-0.3, -0.25) is 0 Å². The van der Waals surface area contributed by atoms with Crippen LogP contribution in [0.5, 0.6) is 0 Å². The van der Waals surface area contributed by atoms with Gasteiger partial charge in [0.05, 0.1) is 6.04 Å². The predicted octanol–water partition coefficient (Wildman–Crippen LogP) is 14.0. The number of rotatable bonds is 5. The van der Waals surface area contributed by atoms with Crippen molar-refractivity contribution in [3.63, 3.8) is 0 Å². The number of allylic oxidation sites excluding steroid dienone is 2. The third kappa shape index (κ3) is 4.74. The average molecular weight is 680 g/mol. The number of anilines is 2. The van der Waals surface area contributed by atoms with Crippen molar-refractivity contribution in [2.24, 2.45) is 0 Å². The van der Waals surface area contributed by atoms with Crippen LogP contribution in [0.15, 0.2) is 191 Å². The van der Waals surface area contributed by atoms with Crippen LogP contribution in [0.25, 0.3) is 82.1 Å². The van der Waals surface area contributed by atoms with E-state index in [1.807, 2.05) is 24.3 Å². The summed E-state index contributed by atoms with van der Waals surface area (Å²) >= 11 is 0. The molecule has 0 spiro atoms. The standard InChI is InChI=1S/C50H33NO2/c1-2-11-35(12-3-1)51(36-27-23-32(24-28-36)39-16-9-19-43-42-13-4-6-21-46(42)53-50(39)43)45-20-10-17-40-37(15-8-18-41(40)45)33-25-29-38-34(31-33)26-30-48-49(38)44-14-5-7-22-47(44)52-48/h1-27,29-31,36H,28H2.